The Kier molecular flexibility index (Phi) is 32.4. The molecule has 0 bridgehead atoms. The molecule has 2 rings (SSSR count). The topological polar surface area (TPSA) is 206 Å². The smallest absolute Gasteiger partial charge is 0.308 e. The summed E-state index contributed by atoms with van der Waals surface area (Å²) in [6, 6.07) is -3.20. The number of aliphatic hydroxyl groups is 1. The van der Waals surface area contributed by atoms with Gasteiger partial charge in [0.15, 0.2) is 0 Å². The van der Waals surface area contributed by atoms with E-state index in [1.165, 1.54) is 125 Å². The molecule has 3 amide bonds. The van der Waals surface area contributed by atoms with Crippen LogP contribution in [0.1, 0.15) is 226 Å². The highest BCUT2D eigenvalue weighted by Gasteiger charge is 2.56. The number of esters is 2. The van der Waals surface area contributed by atoms with Gasteiger partial charge in [0.25, 0.3) is 0 Å². The number of nitrogens with two attached hydrogens (primary N) is 1. The number of carbonyl (C=O) groups excluding carboxylic acids is 5. The maximum absolute atomic E-state index is 15.0. The highest BCUT2D eigenvalue weighted by molar-refractivity contribution is 7.80. The Morgan fingerprint density at radius 1 is 0.716 bits per heavy atom. The second-order valence-corrected chi connectivity index (χ2v) is 20.0. The molecular weight excluding hydrogens is 873 g/mol. The molecule has 15 heteroatoms. The molecule has 0 radical (unpaired) electrons. The number of hydrogen-bond acceptors (Lipinski definition) is 11. The lowest BCUT2D eigenvalue weighted by atomic mass is 9.86. The first-order valence-corrected chi connectivity index (χ1v) is 27.5. The Labute approximate surface area is 410 Å². The zero-order valence-corrected chi connectivity index (χ0v) is 43.0. The molecule has 0 spiro atoms. The van der Waals surface area contributed by atoms with Gasteiger partial charge < -0.3 is 40.5 Å². The van der Waals surface area contributed by atoms with Crippen molar-refractivity contribution in [3.8, 4) is 0 Å². The van der Waals surface area contributed by atoms with E-state index in [2.05, 4.69) is 31.8 Å². The standard InChI is InChI=1S/C52H94N4O10S/c1-4-6-8-10-12-14-16-18-20-22-24-26-28-31-46(58)65-39-42(66-47(59)32-29-27-25-23-21-19-17-15-13-11-9-7-5-2)37-52(51(64)55-36-33-43(41(55)3)50(62)63)34-30-35-56(52)49(61)45(38-57)54-48(60)44(53)40-67/h41-45,57,67H,4-40,53H2,1-3H3,(H,54,60)(H,62,63)/t41-,42?,43?,44+,45+,52-/m1/s1. The second kappa shape index (κ2) is 36.1. The highest BCUT2D eigenvalue weighted by Crippen LogP contribution is 2.40. The summed E-state index contributed by atoms with van der Waals surface area (Å²) in [7, 11) is 0. The van der Waals surface area contributed by atoms with Crippen molar-refractivity contribution in [1.29, 1.82) is 0 Å². The fraction of sp³-hybridized carbons (Fsp3) is 0.885. The SMILES string of the molecule is CCCCCCCCCCCCCCCC(=O)OCC(C[C@@]1(C(=O)N2CCC(C(=O)O)[C@H]2C)CCCN1C(=O)[C@H](CO)NC(=O)[C@@H](N)CS)OC(=O)CCCCCCCCCCCCCCC. The summed E-state index contributed by atoms with van der Waals surface area (Å²) in [5.41, 5.74) is 4.21. The van der Waals surface area contributed by atoms with Crippen LogP contribution in [0.5, 0.6) is 0 Å². The molecule has 2 unspecified atom stereocenters. The molecule has 0 aliphatic carbocycles. The maximum atomic E-state index is 15.0. The third-order valence-electron chi connectivity index (χ3n) is 14.1. The summed E-state index contributed by atoms with van der Waals surface area (Å²) in [6.45, 7) is 5.24. The van der Waals surface area contributed by atoms with Crippen molar-refractivity contribution in [3.05, 3.63) is 0 Å². The number of amides is 3. The second-order valence-electron chi connectivity index (χ2n) is 19.6. The van der Waals surface area contributed by atoms with Gasteiger partial charge in [-0.15, -0.1) is 0 Å². The molecule has 6 atom stereocenters. The number of unbranched alkanes of at least 4 members (excludes halogenated alkanes) is 24. The van der Waals surface area contributed by atoms with Crippen LogP contribution < -0.4 is 11.1 Å². The summed E-state index contributed by atoms with van der Waals surface area (Å²) in [4.78, 5) is 83.9. The minimum absolute atomic E-state index is 0.00760. The zero-order chi connectivity index (χ0) is 49.3. The first-order chi connectivity index (χ1) is 32.4. The van der Waals surface area contributed by atoms with E-state index in [9.17, 15) is 39.0 Å². The average molecular weight is 967 g/mol. The van der Waals surface area contributed by atoms with Crippen molar-refractivity contribution in [2.75, 3.05) is 32.1 Å². The van der Waals surface area contributed by atoms with Gasteiger partial charge in [-0.25, -0.2) is 0 Å². The Morgan fingerprint density at radius 3 is 1.61 bits per heavy atom. The Morgan fingerprint density at radius 2 is 1.18 bits per heavy atom. The van der Waals surface area contributed by atoms with Crippen LogP contribution in [0.4, 0.5) is 0 Å². The monoisotopic (exact) mass is 967 g/mol. The van der Waals surface area contributed by atoms with Crippen LogP contribution in [0.3, 0.4) is 0 Å². The number of carboxylic acid groups (broad SMARTS) is 1. The molecule has 14 nitrogen and oxygen atoms in total. The van der Waals surface area contributed by atoms with E-state index in [1.807, 2.05) is 0 Å². The Balaban J connectivity index is 2.16. The van der Waals surface area contributed by atoms with Crippen LogP contribution in [0.25, 0.3) is 0 Å². The van der Waals surface area contributed by atoms with Crippen LogP contribution in [0.15, 0.2) is 0 Å². The molecule has 2 heterocycles. The van der Waals surface area contributed by atoms with Crippen molar-refractivity contribution in [1.82, 2.24) is 15.1 Å². The fourth-order valence-corrected chi connectivity index (χ4v) is 10.0. The predicted octanol–water partition coefficient (Wildman–Crippen LogP) is 9.21. The van der Waals surface area contributed by atoms with Crippen LogP contribution in [0.2, 0.25) is 0 Å². The van der Waals surface area contributed by atoms with E-state index >= 15 is 0 Å². The minimum Gasteiger partial charge on any atom is -0.481 e. The molecule has 67 heavy (non-hydrogen) atoms. The Bertz CT molecular complexity index is 1420. The van der Waals surface area contributed by atoms with Crippen LogP contribution in [-0.4, -0.2) is 117 Å². The molecule has 0 aromatic rings. The number of hydrogen-bond donors (Lipinski definition) is 5. The fourth-order valence-electron chi connectivity index (χ4n) is 9.87. The lowest BCUT2D eigenvalue weighted by Crippen LogP contribution is -2.64. The van der Waals surface area contributed by atoms with Crippen molar-refractivity contribution < 1.29 is 48.5 Å². The van der Waals surface area contributed by atoms with Crippen LogP contribution in [0, 0.1) is 5.92 Å². The molecule has 388 valence electrons. The molecule has 5 N–H and O–H groups in total. The van der Waals surface area contributed by atoms with Gasteiger partial charge in [0, 0.05) is 44.1 Å². The van der Waals surface area contributed by atoms with E-state index in [0.29, 0.717) is 19.3 Å². The number of carboxylic acids is 1. The highest BCUT2D eigenvalue weighted by atomic mass is 32.1. The van der Waals surface area contributed by atoms with E-state index in [-0.39, 0.29) is 57.6 Å². The number of nitrogens with zero attached hydrogens (tertiary/aromatic N) is 2. The first-order valence-electron chi connectivity index (χ1n) is 26.8. The third kappa shape index (κ3) is 23.0. The largest absolute Gasteiger partial charge is 0.481 e. The zero-order valence-electron chi connectivity index (χ0n) is 42.1. The number of likely N-dealkylation sites (tertiary alicyclic amines) is 2. The van der Waals surface area contributed by atoms with Gasteiger partial charge in [-0.1, -0.05) is 168 Å². The number of rotatable bonds is 40. The number of ether oxygens (including phenoxy) is 2. The first kappa shape index (κ1) is 60.2. The maximum Gasteiger partial charge on any atom is 0.308 e. The molecule has 0 aromatic carbocycles. The van der Waals surface area contributed by atoms with E-state index in [1.54, 1.807) is 6.92 Å². The summed E-state index contributed by atoms with van der Waals surface area (Å²) in [5, 5.41) is 22.8. The minimum atomic E-state index is -1.66. The molecule has 0 aromatic heterocycles. The quantitative estimate of drug-likeness (QED) is 0.0222. The lowest BCUT2D eigenvalue weighted by Gasteiger charge is -2.43. The van der Waals surface area contributed by atoms with Gasteiger partial charge in [0.05, 0.1) is 18.6 Å². The third-order valence-corrected chi connectivity index (χ3v) is 14.5. The van der Waals surface area contributed by atoms with Crippen molar-refractivity contribution in [3.63, 3.8) is 0 Å². The van der Waals surface area contributed by atoms with Gasteiger partial charge in [0.2, 0.25) is 17.7 Å². The molecule has 0 saturated carbocycles. The number of carbonyl (C=O) groups is 6. The van der Waals surface area contributed by atoms with Gasteiger partial charge in [0.1, 0.15) is 24.3 Å². The van der Waals surface area contributed by atoms with Crippen molar-refractivity contribution in [2.45, 2.75) is 256 Å². The summed E-state index contributed by atoms with van der Waals surface area (Å²) in [6.07, 6.45) is 30.0. The molecule has 2 aliphatic rings. The van der Waals surface area contributed by atoms with Crippen molar-refractivity contribution >= 4 is 48.3 Å². The molecule has 2 saturated heterocycles. The van der Waals surface area contributed by atoms with E-state index < -0.39 is 77.9 Å². The number of aliphatic hydroxyl groups excluding tert-OH is 1. The van der Waals surface area contributed by atoms with E-state index in [4.69, 9.17) is 15.2 Å². The summed E-state index contributed by atoms with van der Waals surface area (Å²) < 4.78 is 11.9. The van der Waals surface area contributed by atoms with Crippen LogP contribution in [-0.2, 0) is 38.2 Å². The van der Waals surface area contributed by atoms with Gasteiger partial charge >= 0.3 is 17.9 Å². The number of aliphatic carboxylic acids is 1. The Hall–Kier alpha value is -2.91. The van der Waals surface area contributed by atoms with Gasteiger partial charge in [-0.05, 0) is 39.0 Å². The van der Waals surface area contributed by atoms with Crippen molar-refractivity contribution in [2.24, 2.45) is 11.7 Å². The molecule has 2 aliphatic heterocycles. The lowest BCUT2D eigenvalue weighted by molar-refractivity contribution is -0.167. The number of nitrogens with one attached hydrogen (secondary N) is 1. The molecule has 2 fully saturated rings. The van der Waals surface area contributed by atoms with Crippen LogP contribution >= 0.6 is 12.6 Å². The van der Waals surface area contributed by atoms with Gasteiger partial charge in [-0.2, -0.15) is 12.6 Å². The summed E-state index contributed by atoms with van der Waals surface area (Å²) >= 11 is 4.08. The van der Waals surface area contributed by atoms with E-state index in [0.717, 1.165) is 38.5 Å². The molecular formula is C52H94N4O10S. The normalized spacial score (nSPS) is 19.6. The summed E-state index contributed by atoms with van der Waals surface area (Å²) in [5.74, 6) is -4.75. The predicted molar refractivity (Wildman–Crippen MR) is 268 cm³/mol. The van der Waals surface area contributed by atoms with Gasteiger partial charge in [-0.3, -0.25) is 28.8 Å². The number of thiol groups is 1. The average Bonchev–Trinajstić information content (AvgIpc) is 3.93.